The number of furan rings is 1. The normalized spacial score (nSPS) is 10.5. The van der Waals surface area contributed by atoms with Gasteiger partial charge in [-0.05, 0) is 25.1 Å². The first-order valence-electron chi connectivity index (χ1n) is 7.11. The minimum Gasteiger partial charge on any atom is -0.461 e. The maximum atomic E-state index is 12.5. The zero-order valence-corrected chi connectivity index (χ0v) is 12.4. The Bertz CT molecular complexity index is 820. The maximum absolute atomic E-state index is 12.5. The molecule has 0 bridgehead atoms. The largest absolute Gasteiger partial charge is 0.461 e. The lowest BCUT2D eigenvalue weighted by molar-refractivity contribution is 0.0506. The molecule has 23 heavy (non-hydrogen) atoms. The van der Waals surface area contributed by atoms with Gasteiger partial charge >= 0.3 is 11.9 Å². The van der Waals surface area contributed by atoms with Gasteiger partial charge in [0.05, 0.1) is 18.6 Å². The van der Waals surface area contributed by atoms with Crippen LogP contribution in [0.4, 0.5) is 0 Å². The Balaban J connectivity index is 2.07. The number of hydrogen-bond donors (Lipinski definition) is 0. The van der Waals surface area contributed by atoms with E-state index in [1.165, 1.54) is 18.4 Å². The van der Waals surface area contributed by atoms with E-state index in [2.05, 4.69) is 5.10 Å². The molecular weight excluding hydrogens is 296 g/mol. The summed E-state index contributed by atoms with van der Waals surface area (Å²) in [7, 11) is 0. The summed E-state index contributed by atoms with van der Waals surface area (Å²) >= 11 is 0. The first-order chi connectivity index (χ1) is 11.2. The predicted octanol–water partition coefficient (Wildman–Crippen LogP) is 3.01. The predicted molar refractivity (Wildman–Crippen MR) is 82.1 cm³/mol. The van der Waals surface area contributed by atoms with Crippen LogP contribution in [0.25, 0.3) is 11.3 Å². The van der Waals surface area contributed by atoms with Crippen LogP contribution in [0.3, 0.4) is 0 Å². The lowest BCUT2D eigenvalue weighted by Gasteiger charge is -2.03. The number of ether oxygens (including phenoxy) is 1. The van der Waals surface area contributed by atoms with Crippen LogP contribution in [-0.2, 0) is 4.74 Å². The molecule has 0 saturated heterocycles. The quantitative estimate of drug-likeness (QED) is 0.692. The van der Waals surface area contributed by atoms with Gasteiger partial charge in [-0.3, -0.25) is 4.79 Å². The zero-order chi connectivity index (χ0) is 16.2. The third-order valence-corrected chi connectivity index (χ3v) is 3.19. The topological polar surface area (TPSA) is 74.3 Å². The molecule has 116 valence electrons. The molecule has 2 heterocycles. The van der Waals surface area contributed by atoms with Gasteiger partial charge in [-0.1, -0.05) is 30.3 Å². The van der Waals surface area contributed by atoms with Crippen LogP contribution in [0, 0.1) is 0 Å². The third kappa shape index (κ3) is 2.91. The summed E-state index contributed by atoms with van der Waals surface area (Å²) in [4.78, 5) is 24.6. The fourth-order valence-electron chi connectivity index (χ4n) is 2.14. The number of benzene rings is 1. The molecule has 0 amide bonds. The number of hydrogen-bond acceptors (Lipinski definition) is 5. The lowest BCUT2D eigenvalue weighted by Crippen LogP contribution is -2.20. The van der Waals surface area contributed by atoms with Crippen LogP contribution in [-0.4, -0.2) is 28.3 Å². The smallest absolute Gasteiger partial charge is 0.357 e. The molecular formula is C17H14N2O4. The van der Waals surface area contributed by atoms with Crippen LogP contribution in [0.5, 0.6) is 0 Å². The average molecular weight is 310 g/mol. The molecule has 0 aliphatic rings. The number of rotatable bonds is 4. The standard InChI is InChI=1S/C17H14N2O4/c1-2-22-17(21)14-11-13(12-7-4-3-5-8-12)18-19(14)16(20)15-9-6-10-23-15/h3-11H,2H2,1H3. The maximum Gasteiger partial charge on any atom is 0.357 e. The van der Waals surface area contributed by atoms with Gasteiger partial charge in [-0.15, -0.1) is 0 Å². The second-order valence-electron chi connectivity index (χ2n) is 4.70. The number of nitrogens with zero attached hydrogens (tertiary/aromatic N) is 2. The summed E-state index contributed by atoms with van der Waals surface area (Å²) in [6, 6.07) is 13.9. The van der Waals surface area contributed by atoms with Crippen molar-refractivity contribution >= 4 is 11.9 Å². The minimum atomic E-state index is -0.609. The highest BCUT2D eigenvalue weighted by atomic mass is 16.5. The second kappa shape index (κ2) is 6.31. The van der Waals surface area contributed by atoms with Gasteiger partial charge in [0.1, 0.15) is 0 Å². The highest BCUT2D eigenvalue weighted by Crippen LogP contribution is 2.20. The molecule has 1 aromatic carbocycles. The molecule has 2 aromatic heterocycles. The van der Waals surface area contributed by atoms with Crippen LogP contribution in [0.15, 0.2) is 59.2 Å². The van der Waals surface area contributed by atoms with E-state index in [0.717, 1.165) is 10.2 Å². The van der Waals surface area contributed by atoms with Gasteiger partial charge in [0.2, 0.25) is 0 Å². The van der Waals surface area contributed by atoms with Gasteiger partial charge in [0.15, 0.2) is 11.5 Å². The van der Waals surface area contributed by atoms with Crippen molar-refractivity contribution in [1.82, 2.24) is 9.78 Å². The Kier molecular flexibility index (Phi) is 4.05. The molecule has 0 radical (unpaired) electrons. The van der Waals surface area contributed by atoms with Crippen molar-refractivity contribution in [3.63, 3.8) is 0 Å². The van der Waals surface area contributed by atoms with Crippen molar-refractivity contribution in [3.05, 3.63) is 66.2 Å². The molecule has 0 atom stereocenters. The van der Waals surface area contributed by atoms with E-state index in [1.807, 2.05) is 30.3 Å². The van der Waals surface area contributed by atoms with Crippen molar-refractivity contribution < 1.29 is 18.7 Å². The van der Waals surface area contributed by atoms with Crippen molar-refractivity contribution in [1.29, 1.82) is 0 Å². The number of carbonyl (C=O) groups excluding carboxylic acids is 2. The van der Waals surface area contributed by atoms with Crippen molar-refractivity contribution in [2.45, 2.75) is 6.92 Å². The Morgan fingerprint density at radius 3 is 2.61 bits per heavy atom. The highest BCUT2D eigenvalue weighted by Gasteiger charge is 2.24. The molecule has 3 rings (SSSR count). The highest BCUT2D eigenvalue weighted by molar-refractivity contribution is 5.99. The average Bonchev–Trinajstić information content (AvgIpc) is 3.25. The monoisotopic (exact) mass is 310 g/mol. The van der Waals surface area contributed by atoms with E-state index in [-0.39, 0.29) is 18.1 Å². The van der Waals surface area contributed by atoms with Gasteiger partial charge in [0, 0.05) is 5.56 Å². The van der Waals surface area contributed by atoms with Gasteiger partial charge in [0.25, 0.3) is 0 Å². The lowest BCUT2D eigenvalue weighted by atomic mass is 10.1. The first-order valence-corrected chi connectivity index (χ1v) is 7.11. The van der Waals surface area contributed by atoms with Crippen LogP contribution in [0.1, 0.15) is 28.0 Å². The van der Waals surface area contributed by atoms with E-state index < -0.39 is 11.9 Å². The molecule has 0 N–H and O–H groups in total. The van der Waals surface area contributed by atoms with Crippen LogP contribution >= 0.6 is 0 Å². The van der Waals surface area contributed by atoms with Crippen molar-refractivity contribution in [2.75, 3.05) is 6.61 Å². The molecule has 6 nitrogen and oxygen atoms in total. The molecule has 0 aliphatic heterocycles. The third-order valence-electron chi connectivity index (χ3n) is 3.19. The summed E-state index contributed by atoms with van der Waals surface area (Å²) in [6.07, 6.45) is 1.39. The molecule has 0 saturated carbocycles. The first kappa shape index (κ1) is 14.8. The van der Waals surface area contributed by atoms with E-state index in [4.69, 9.17) is 9.15 Å². The van der Waals surface area contributed by atoms with Gasteiger partial charge in [-0.2, -0.15) is 9.78 Å². The Morgan fingerprint density at radius 2 is 1.96 bits per heavy atom. The summed E-state index contributed by atoms with van der Waals surface area (Å²) in [5, 5.41) is 4.25. The number of aromatic nitrogens is 2. The van der Waals surface area contributed by atoms with Crippen molar-refractivity contribution in [3.8, 4) is 11.3 Å². The molecule has 0 spiro atoms. The summed E-state index contributed by atoms with van der Waals surface area (Å²) in [6.45, 7) is 1.91. The van der Waals surface area contributed by atoms with Gasteiger partial charge in [-0.25, -0.2) is 4.79 Å². The van der Waals surface area contributed by atoms with Gasteiger partial charge < -0.3 is 9.15 Å². The van der Waals surface area contributed by atoms with E-state index in [9.17, 15) is 9.59 Å². The van der Waals surface area contributed by atoms with Crippen LogP contribution < -0.4 is 0 Å². The van der Waals surface area contributed by atoms with Crippen molar-refractivity contribution in [2.24, 2.45) is 0 Å². The molecule has 0 aliphatic carbocycles. The summed E-state index contributed by atoms with van der Waals surface area (Å²) < 4.78 is 11.1. The van der Waals surface area contributed by atoms with E-state index in [1.54, 1.807) is 13.0 Å². The van der Waals surface area contributed by atoms with Crippen LogP contribution in [0.2, 0.25) is 0 Å². The fourth-order valence-corrected chi connectivity index (χ4v) is 2.14. The zero-order valence-electron chi connectivity index (χ0n) is 12.4. The Morgan fingerprint density at radius 1 is 1.17 bits per heavy atom. The summed E-state index contributed by atoms with van der Waals surface area (Å²) in [5.41, 5.74) is 1.37. The van der Waals surface area contributed by atoms with E-state index in [0.29, 0.717) is 5.69 Å². The fraction of sp³-hybridized carbons (Fsp3) is 0.118. The van der Waals surface area contributed by atoms with E-state index >= 15 is 0 Å². The Hall–Kier alpha value is -3.15. The molecule has 3 aromatic rings. The number of esters is 1. The molecule has 0 fully saturated rings. The molecule has 6 heteroatoms. The SMILES string of the molecule is CCOC(=O)c1cc(-c2ccccc2)nn1C(=O)c1ccco1. The summed E-state index contributed by atoms with van der Waals surface area (Å²) in [5.74, 6) is -1.04. The Labute approximate surface area is 132 Å². The number of carbonyl (C=O) groups is 2. The second-order valence-corrected chi connectivity index (χ2v) is 4.70. The molecule has 0 unspecified atom stereocenters. The minimum absolute atomic E-state index is 0.0621.